The summed E-state index contributed by atoms with van der Waals surface area (Å²) in [5.74, 6) is 1.96. The molecule has 1 aliphatic carbocycles. The molecular formula is C25H40IN3O3. The standard InChI is InChI=1S/C25H39N3O3.HI/c1-26-24(28-14-10-21(11-15-28)31-18-23-9-6-16-30-23)27-19-25(12-3-4-13-25)20-7-5-8-22(17-20)29-2;/h5,7-8,17,21,23H,3-4,6,9-16,18-19H2,1-2H3,(H,26,27);1H. The van der Waals surface area contributed by atoms with Gasteiger partial charge in [0.05, 0.1) is 25.9 Å². The number of benzene rings is 1. The highest BCUT2D eigenvalue weighted by atomic mass is 127. The fourth-order valence-corrected chi connectivity index (χ4v) is 5.41. The fraction of sp³-hybridized carbons (Fsp3) is 0.720. The minimum Gasteiger partial charge on any atom is -0.497 e. The van der Waals surface area contributed by atoms with E-state index in [-0.39, 0.29) is 29.4 Å². The monoisotopic (exact) mass is 557 g/mol. The molecule has 2 aliphatic heterocycles. The Morgan fingerprint density at radius 3 is 2.62 bits per heavy atom. The van der Waals surface area contributed by atoms with E-state index in [0.717, 1.165) is 63.8 Å². The number of piperidine rings is 1. The van der Waals surface area contributed by atoms with E-state index in [1.807, 2.05) is 13.1 Å². The van der Waals surface area contributed by atoms with Crippen molar-refractivity contribution in [2.75, 3.05) is 47.0 Å². The highest BCUT2D eigenvalue weighted by Crippen LogP contribution is 2.41. The molecule has 7 heteroatoms. The zero-order chi connectivity index (χ0) is 21.5. The van der Waals surface area contributed by atoms with Crippen LogP contribution >= 0.6 is 24.0 Å². The van der Waals surface area contributed by atoms with Gasteiger partial charge >= 0.3 is 0 Å². The third-order valence-corrected chi connectivity index (χ3v) is 7.32. The first-order chi connectivity index (χ1) is 15.2. The number of halogens is 1. The third kappa shape index (κ3) is 6.29. The van der Waals surface area contributed by atoms with Gasteiger partial charge in [0.15, 0.2) is 5.96 Å². The number of guanidine groups is 1. The lowest BCUT2D eigenvalue weighted by Gasteiger charge is -2.37. The van der Waals surface area contributed by atoms with Crippen LogP contribution in [0.2, 0.25) is 0 Å². The summed E-state index contributed by atoms with van der Waals surface area (Å²) in [6, 6.07) is 8.62. The smallest absolute Gasteiger partial charge is 0.193 e. The molecule has 2 heterocycles. The molecule has 180 valence electrons. The molecule has 1 atom stereocenters. The van der Waals surface area contributed by atoms with Gasteiger partial charge in [0.2, 0.25) is 0 Å². The van der Waals surface area contributed by atoms with Gasteiger partial charge in [-0.25, -0.2) is 0 Å². The van der Waals surface area contributed by atoms with Gasteiger partial charge in [0.25, 0.3) is 0 Å². The van der Waals surface area contributed by atoms with Gasteiger partial charge in [-0.3, -0.25) is 4.99 Å². The van der Waals surface area contributed by atoms with Crippen LogP contribution in [0.5, 0.6) is 5.75 Å². The second kappa shape index (κ2) is 12.4. The van der Waals surface area contributed by atoms with Crippen molar-refractivity contribution in [3.63, 3.8) is 0 Å². The van der Waals surface area contributed by atoms with E-state index in [4.69, 9.17) is 14.2 Å². The second-order valence-electron chi connectivity index (χ2n) is 9.27. The number of likely N-dealkylation sites (tertiary alicyclic amines) is 1. The topological polar surface area (TPSA) is 55.3 Å². The van der Waals surface area contributed by atoms with Gasteiger partial charge in [-0.05, 0) is 56.2 Å². The Labute approximate surface area is 210 Å². The van der Waals surface area contributed by atoms with Crippen LogP contribution < -0.4 is 10.1 Å². The van der Waals surface area contributed by atoms with Crippen LogP contribution in [-0.2, 0) is 14.9 Å². The van der Waals surface area contributed by atoms with Crippen LogP contribution in [0.15, 0.2) is 29.3 Å². The molecule has 1 aromatic carbocycles. The maximum atomic E-state index is 6.14. The van der Waals surface area contributed by atoms with E-state index in [1.54, 1.807) is 7.11 Å². The number of nitrogens with zero attached hydrogens (tertiary/aromatic N) is 2. The predicted molar refractivity (Wildman–Crippen MR) is 139 cm³/mol. The molecule has 3 aliphatic rings. The maximum absolute atomic E-state index is 6.14. The minimum absolute atomic E-state index is 0. The van der Waals surface area contributed by atoms with Crippen LogP contribution in [-0.4, -0.2) is 70.1 Å². The second-order valence-corrected chi connectivity index (χ2v) is 9.27. The van der Waals surface area contributed by atoms with Crippen molar-refractivity contribution in [1.29, 1.82) is 0 Å². The Hall–Kier alpha value is -1.06. The molecule has 1 saturated carbocycles. The molecule has 0 aromatic heterocycles. The molecular weight excluding hydrogens is 517 g/mol. The lowest BCUT2D eigenvalue weighted by atomic mass is 9.78. The van der Waals surface area contributed by atoms with Crippen molar-refractivity contribution >= 4 is 29.9 Å². The summed E-state index contributed by atoms with van der Waals surface area (Å²) in [5.41, 5.74) is 1.54. The van der Waals surface area contributed by atoms with Crippen LogP contribution in [0.25, 0.3) is 0 Å². The number of hydrogen-bond acceptors (Lipinski definition) is 4. The molecule has 4 rings (SSSR count). The van der Waals surface area contributed by atoms with E-state index >= 15 is 0 Å². The summed E-state index contributed by atoms with van der Waals surface area (Å²) in [5, 5.41) is 3.72. The molecule has 1 N–H and O–H groups in total. The zero-order valence-corrected chi connectivity index (χ0v) is 22.0. The quantitative estimate of drug-likeness (QED) is 0.307. The zero-order valence-electron chi connectivity index (χ0n) is 19.7. The molecule has 0 bridgehead atoms. The van der Waals surface area contributed by atoms with E-state index < -0.39 is 0 Å². The summed E-state index contributed by atoms with van der Waals surface area (Å²) in [4.78, 5) is 7.00. The van der Waals surface area contributed by atoms with Gasteiger partial charge < -0.3 is 24.4 Å². The van der Waals surface area contributed by atoms with Crippen molar-refractivity contribution in [3.05, 3.63) is 29.8 Å². The van der Waals surface area contributed by atoms with Crippen LogP contribution in [0.1, 0.15) is 56.9 Å². The normalized spacial score (nSPS) is 23.8. The summed E-state index contributed by atoms with van der Waals surface area (Å²) < 4.78 is 17.3. The molecule has 32 heavy (non-hydrogen) atoms. The Morgan fingerprint density at radius 2 is 1.97 bits per heavy atom. The minimum atomic E-state index is 0. The molecule has 0 amide bonds. The summed E-state index contributed by atoms with van der Waals surface area (Å²) in [6.07, 6.45) is 10.1. The van der Waals surface area contributed by atoms with Crippen LogP contribution in [0, 0.1) is 0 Å². The number of nitrogens with one attached hydrogen (secondary N) is 1. The Balaban J connectivity index is 0.00000289. The molecule has 1 aromatic rings. The van der Waals surface area contributed by atoms with Crippen molar-refractivity contribution in [1.82, 2.24) is 10.2 Å². The van der Waals surface area contributed by atoms with E-state index in [2.05, 4.69) is 33.4 Å². The third-order valence-electron chi connectivity index (χ3n) is 7.32. The largest absolute Gasteiger partial charge is 0.497 e. The highest BCUT2D eigenvalue weighted by Gasteiger charge is 2.36. The molecule has 6 nitrogen and oxygen atoms in total. The summed E-state index contributed by atoms with van der Waals surface area (Å²) >= 11 is 0. The number of rotatable bonds is 7. The van der Waals surface area contributed by atoms with Gasteiger partial charge in [-0.15, -0.1) is 24.0 Å². The number of ether oxygens (including phenoxy) is 3. The highest BCUT2D eigenvalue weighted by molar-refractivity contribution is 14.0. The van der Waals surface area contributed by atoms with Gasteiger partial charge in [0.1, 0.15) is 5.75 Å². The van der Waals surface area contributed by atoms with Gasteiger partial charge in [-0.1, -0.05) is 25.0 Å². The number of hydrogen-bond donors (Lipinski definition) is 1. The maximum Gasteiger partial charge on any atom is 0.193 e. The Kier molecular flexibility index (Phi) is 9.92. The Morgan fingerprint density at radius 1 is 1.19 bits per heavy atom. The fourth-order valence-electron chi connectivity index (χ4n) is 5.41. The summed E-state index contributed by atoms with van der Waals surface area (Å²) in [6.45, 7) is 4.54. The lowest BCUT2D eigenvalue weighted by molar-refractivity contribution is -0.0367. The van der Waals surface area contributed by atoms with E-state index in [1.165, 1.54) is 37.7 Å². The van der Waals surface area contributed by atoms with Gasteiger partial charge in [-0.2, -0.15) is 0 Å². The molecule has 1 unspecified atom stereocenters. The van der Waals surface area contributed by atoms with Crippen molar-refractivity contribution < 1.29 is 14.2 Å². The van der Waals surface area contributed by atoms with Gasteiger partial charge in [0, 0.05) is 38.7 Å². The van der Waals surface area contributed by atoms with E-state index in [0.29, 0.717) is 12.2 Å². The van der Waals surface area contributed by atoms with E-state index in [9.17, 15) is 0 Å². The first-order valence-corrected chi connectivity index (χ1v) is 12.1. The molecule has 0 radical (unpaired) electrons. The average molecular weight is 558 g/mol. The SMILES string of the molecule is CN=C(NCC1(c2cccc(OC)c2)CCCC1)N1CCC(OCC2CCCO2)CC1.I. The molecule has 2 saturated heterocycles. The predicted octanol–water partition coefficient (Wildman–Crippen LogP) is 4.36. The van der Waals surface area contributed by atoms with Crippen LogP contribution in [0.3, 0.4) is 0 Å². The van der Waals surface area contributed by atoms with Crippen molar-refractivity contribution in [2.24, 2.45) is 4.99 Å². The average Bonchev–Trinajstić information content (AvgIpc) is 3.52. The lowest BCUT2D eigenvalue weighted by Crippen LogP contribution is -2.50. The molecule has 3 fully saturated rings. The van der Waals surface area contributed by atoms with Crippen molar-refractivity contribution in [2.45, 2.75) is 69.0 Å². The first-order valence-electron chi connectivity index (χ1n) is 12.1. The summed E-state index contributed by atoms with van der Waals surface area (Å²) in [7, 11) is 3.64. The molecule has 0 spiro atoms. The van der Waals surface area contributed by atoms with Crippen LogP contribution in [0.4, 0.5) is 0 Å². The Bertz CT molecular complexity index is 725. The number of aliphatic imine (C=N–C) groups is 1. The number of methoxy groups -OCH3 is 1. The van der Waals surface area contributed by atoms with Crippen molar-refractivity contribution in [3.8, 4) is 5.75 Å². The first kappa shape index (κ1) is 25.6.